The summed E-state index contributed by atoms with van der Waals surface area (Å²) < 4.78 is 0. The molecule has 0 saturated carbocycles. The van der Waals surface area contributed by atoms with E-state index in [0.717, 1.165) is 6.42 Å². The third-order valence-corrected chi connectivity index (χ3v) is 6.86. The number of rotatable bonds is 7. The molecule has 4 atom stereocenters. The third-order valence-electron chi connectivity index (χ3n) is 6.86. The quantitative estimate of drug-likeness (QED) is 0.454. The van der Waals surface area contributed by atoms with Gasteiger partial charge in [-0.05, 0) is 68.0 Å². The van der Waals surface area contributed by atoms with E-state index in [-0.39, 0.29) is 11.8 Å². The second-order valence-electron chi connectivity index (χ2n) is 11.6. The lowest BCUT2D eigenvalue weighted by Gasteiger charge is -2.35. The Morgan fingerprint density at radius 3 is 2.36 bits per heavy atom. The number of aliphatic carboxylic acids is 1. The molecule has 1 aliphatic heterocycles. The van der Waals surface area contributed by atoms with Gasteiger partial charge in [0.15, 0.2) is 0 Å². The summed E-state index contributed by atoms with van der Waals surface area (Å²) in [5, 5.41) is 15.3. The van der Waals surface area contributed by atoms with Crippen LogP contribution in [0.4, 0.5) is 0 Å². The number of carbonyl (C=O) groups is 3. The Kier molecular flexibility index (Phi) is 10.9. The molecule has 4 unspecified atom stereocenters. The maximum Gasteiger partial charge on any atom is 0.326 e. The first-order valence-corrected chi connectivity index (χ1v) is 13.2. The molecule has 36 heavy (non-hydrogen) atoms. The summed E-state index contributed by atoms with van der Waals surface area (Å²) in [6.45, 7) is 12.6. The van der Waals surface area contributed by atoms with E-state index in [9.17, 15) is 19.5 Å². The van der Waals surface area contributed by atoms with E-state index in [1.165, 1.54) is 28.9 Å². The average molecular weight is 503 g/mol. The molecule has 202 valence electrons. The number of aryl methyl sites for hydroxylation is 1. The minimum Gasteiger partial charge on any atom is -0.480 e. The zero-order valence-electron chi connectivity index (χ0n) is 22.8. The molecule has 1 saturated heterocycles. The van der Waals surface area contributed by atoms with Crippen molar-refractivity contribution in [3.05, 3.63) is 35.4 Å². The largest absolute Gasteiger partial charge is 0.480 e. The maximum absolute atomic E-state index is 13.0. The fraction of sp³-hybridized carbons (Fsp3) is 0.679. The van der Waals surface area contributed by atoms with E-state index in [1.54, 1.807) is 6.92 Å². The lowest BCUT2D eigenvalue weighted by atomic mass is 9.85. The number of nitrogens with zero attached hydrogens (tertiary/aromatic N) is 1. The summed E-state index contributed by atoms with van der Waals surface area (Å²) in [5.74, 6) is -1.14. The first-order valence-electron chi connectivity index (χ1n) is 13.2. The number of carboxylic acid groups (broad SMARTS) is 1. The number of amides is 2. The molecule has 1 fully saturated rings. The summed E-state index contributed by atoms with van der Waals surface area (Å²) in [5.41, 5.74) is 8.24. The molecule has 8 nitrogen and oxygen atoms in total. The molecular weight excluding hydrogens is 456 g/mol. The number of hydrogen-bond donors (Lipinski definition) is 4. The molecule has 0 aromatic heterocycles. The van der Waals surface area contributed by atoms with Crippen molar-refractivity contribution in [1.82, 2.24) is 15.5 Å². The molecule has 1 aromatic rings. The molecule has 1 heterocycles. The van der Waals surface area contributed by atoms with Crippen molar-refractivity contribution < 1.29 is 19.5 Å². The fourth-order valence-corrected chi connectivity index (χ4v) is 4.67. The van der Waals surface area contributed by atoms with Gasteiger partial charge in [-0.15, -0.1) is 0 Å². The summed E-state index contributed by atoms with van der Waals surface area (Å²) in [6.07, 6.45) is 4.73. The molecule has 0 bridgehead atoms. The monoisotopic (exact) mass is 502 g/mol. The first kappa shape index (κ1) is 29.8. The fourth-order valence-electron chi connectivity index (χ4n) is 4.67. The molecule has 5 N–H and O–H groups in total. The molecule has 2 amide bonds. The van der Waals surface area contributed by atoms with E-state index in [0.29, 0.717) is 37.9 Å². The molecule has 1 aromatic carbocycles. The number of fused-ring (bicyclic) bond motifs is 1. The average Bonchev–Trinajstić information content (AvgIpc) is 3.31. The van der Waals surface area contributed by atoms with Gasteiger partial charge in [0, 0.05) is 12.6 Å². The van der Waals surface area contributed by atoms with Gasteiger partial charge >= 0.3 is 5.97 Å². The first-order chi connectivity index (χ1) is 16.8. The molecule has 1 aliphatic carbocycles. The van der Waals surface area contributed by atoms with Crippen LogP contribution in [0.1, 0.15) is 84.4 Å². The number of nitrogens with two attached hydrogens (primary N) is 1. The van der Waals surface area contributed by atoms with Crippen LogP contribution in [0, 0.1) is 11.3 Å². The van der Waals surface area contributed by atoms with Crippen LogP contribution in [-0.2, 0) is 20.8 Å². The lowest BCUT2D eigenvalue weighted by Crippen LogP contribution is -2.59. The van der Waals surface area contributed by atoms with Gasteiger partial charge in [-0.25, -0.2) is 4.79 Å². The van der Waals surface area contributed by atoms with Gasteiger partial charge in [-0.3, -0.25) is 9.59 Å². The molecule has 3 rings (SSSR count). The van der Waals surface area contributed by atoms with Gasteiger partial charge < -0.3 is 26.4 Å². The predicted molar refractivity (Wildman–Crippen MR) is 142 cm³/mol. The standard InChI is InChI=1S/C18H33N3O4.C10H13N/c1-11(2)10-19-12(3)15(22)20-14(18(4,5)6)16(23)21-9-7-8-13(21)17(24)25;11-10-7-3-5-8-4-1-2-6-9(8)10/h11-14,19H,7-10H2,1-6H3,(H,20,22)(H,24,25);1-2,4,6,10H,3,5,7,11H2. The Morgan fingerprint density at radius 1 is 1.11 bits per heavy atom. The van der Waals surface area contributed by atoms with Crippen molar-refractivity contribution in [1.29, 1.82) is 0 Å². The zero-order valence-corrected chi connectivity index (χ0v) is 22.8. The van der Waals surface area contributed by atoms with Crippen molar-refractivity contribution in [2.75, 3.05) is 13.1 Å². The Balaban J connectivity index is 0.000000340. The summed E-state index contributed by atoms with van der Waals surface area (Å²) >= 11 is 0. The summed E-state index contributed by atoms with van der Waals surface area (Å²) in [6, 6.07) is 6.82. The highest BCUT2D eigenvalue weighted by Gasteiger charge is 2.42. The van der Waals surface area contributed by atoms with Crippen LogP contribution in [0.25, 0.3) is 0 Å². The Bertz CT molecular complexity index is 896. The van der Waals surface area contributed by atoms with Gasteiger partial charge in [0.2, 0.25) is 11.8 Å². The van der Waals surface area contributed by atoms with Crippen LogP contribution < -0.4 is 16.4 Å². The van der Waals surface area contributed by atoms with Crippen LogP contribution >= 0.6 is 0 Å². The van der Waals surface area contributed by atoms with Crippen LogP contribution in [0.15, 0.2) is 24.3 Å². The number of hydrogen-bond acceptors (Lipinski definition) is 5. The highest BCUT2D eigenvalue weighted by Crippen LogP contribution is 2.27. The van der Waals surface area contributed by atoms with Crippen LogP contribution in [-0.4, -0.2) is 59.0 Å². The minimum absolute atomic E-state index is 0.250. The van der Waals surface area contributed by atoms with Crippen molar-refractivity contribution >= 4 is 17.8 Å². The molecule has 2 aliphatic rings. The normalized spacial score (nSPS) is 21.2. The van der Waals surface area contributed by atoms with Gasteiger partial charge in [-0.2, -0.15) is 0 Å². The van der Waals surface area contributed by atoms with Crippen LogP contribution in [0.5, 0.6) is 0 Å². The highest BCUT2D eigenvalue weighted by atomic mass is 16.4. The van der Waals surface area contributed by atoms with Gasteiger partial charge in [-0.1, -0.05) is 58.9 Å². The van der Waals surface area contributed by atoms with E-state index in [1.807, 2.05) is 20.8 Å². The summed E-state index contributed by atoms with van der Waals surface area (Å²) in [4.78, 5) is 38.2. The number of likely N-dealkylation sites (tertiary alicyclic amines) is 1. The van der Waals surface area contributed by atoms with Crippen molar-refractivity contribution in [2.45, 2.75) is 97.8 Å². The summed E-state index contributed by atoms with van der Waals surface area (Å²) in [7, 11) is 0. The smallest absolute Gasteiger partial charge is 0.326 e. The third kappa shape index (κ3) is 8.30. The lowest BCUT2D eigenvalue weighted by molar-refractivity contribution is -0.150. The predicted octanol–water partition coefficient (Wildman–Crippen LogP) is 3.25. The molecular formula is C28H46N4O4. The minimum atomic E-state index is -0.989. The van der Waals surface area contributed by atoms with E-state index >= 15 is 0 Å². The van der Waals surface area contributed by atoms with Crippen molar-refractivity contribution in [3.63, 3.8) is 0 Å². The van der Waals surface area contributed by atoms with Crippen LogP contribution in [0.3, 0.4) is 0 Å². The molecule has 8 heteroatoms. The Labute approximate surface area is 216 Å². The van der Waals surface area contributed by atoms with Gasteiger partial charge in [0.25, 0.3) is 0 Å². The topological polar surface area (TPSA) is 125 Å². The molecule has 0 spiro atoms. The number of carbonyl (C=O) groups excluding carboxylic acids is 2. The SMILES string of the molecule is CC(C)CNC(C)C(=O)NC(C(=O)N1CCCC1C(=O)O)C(C)(C)C.NC1CCCc2ccccc21. The number of benzene rings is 1. The van der Waals surface area contributed by atoms with Gasteiger partial charge in [0.1, 0.15) is 12.1 Å². The maximum atomic E-state index is 13.0. The highest BCUT2D eigenvalue weighted by molar-refractivity contribution is 5.92. The van der Waals surface area contributed by atoms with Crippen LogP contribution in [0.2, 0.25) is 0 Å². The van der Waals surface area contributed by atoms with Crippen molar-refractivity contribution in [2.24, 2.45) is 17.1 Å². The van der Waals surface area contributed by atoms with E-state index in [2.05, 4.69) is 48.7 Å². The van der Waals surface area contributed by atoms with Gasteiger partial charge in [0.05, 0.1) is 6.04 Å². The second-order valence-corrected chi connectivity index (χ2v) is 11.6. The second kappa shape index (κ2) is 13.2. The van der Waals surface area contributed by atoms with E-state index < -0.39 is 29.5 Å². The van der Waals surface area contributed by atoms with E-state index in [4.69, 9.17) is 5.73 Å². The number of nitrogens with one attached hydrogen (secondary N) is 2. The Morgan fingerprint density at radius 2 is 1.78 bits per heavy atom. The van der Waals surface area contributed by atoms with Crippen molar-refractivity contribution in [3.8, 4) is 0 Å². The molecule has 0 radical (unpaired) electrons. The Hall–Kier alpha value is -2.45. The zero-order chi connectivity index (χ0) is 27.0. The number of carboxylic acids is 1.